The smallest absolute Gasteiger partial charge is 0.317 e. The quantitative estimate of drug-likeness (QED) is 0.673. The van der Waals surface area contributed by atoms with Crippen LogP contribution in [0.1, 0.15) is 36.6 Å². The maximum absolute atomic E-state index is 12.3. The molecule has 4 heterocycles. The minimum atomic E-state index is -0.332. The normalized spacial score (nSPS) is 16.2. The van der Waals surface area contributed by atoms with Crippen molar-refractivity contribution in [3.05, 3.63) is 42.0 Å². The van der Waals surface area contributed by atoms with E-state index >= 15 is 0 Å². The van der Waals surface area contributed by atoms with Gasteiger partial charge in [-0.2, -0.15) is 9.97 Å². The van der Waals surface area contributed by atoms with Crippen LogP contribution in [0.2, 0.25) is 0 Å². The number of pyridine rings is 1. The predicted molar refractivity (Wildman–Crippen MR) is 93.5 cm³/mol. The summed E-state index contributed by atoms with van der Waals surface area (Å²) in [4.78, 5) is 26.3. The third-order valence-electron chi connectivity index (χ3n) is 4.17. The molecule has 0 bridgehead atoms. The fourth-order valence-corrected chi connectivity index (χ4v) is 2.72. The highest BCUT2D eigenvalue weighted by Gasteiger charge is 2.24. The maximum atomic E-state index is 12.3. The van der Waals surface area contributed by atoms with Crippen LogP contribution in [0.15, 0.2) is 33.4 Å². The monoisotopic (exact) mass is 385 g/mol. The first-order chi connectivity index (χ1) is 13.7. The number of carbonyl (C=O) groups is 1. The Morgan fingerprint density at radius 2 is 2.21 bits per heavy atom. The van der Waals surface area contributed by atoms with E-state index in [2.05, 4.69) is 30.6 Å². The second kappa shape index (κ2) is 8.13. The molecule has 0 saturated carbocycles. The van der Waals surface area contributed by atoms with E-state index in [-0.39, 0.29) is 25.2 Å². The van der Waals surface area contributed by atoms with Crippen molar-refractivity contribution in [1.29, 1.82) is 0 Å². The molecule has 1 fully saturated rings. The number of hydrogen-bond donors (Lipinski definition) is 1. The molecule has 4 rings (SSSR count). The second-order valence-corrected chi connectivity index (χ2v) is 6.29. The standard InChI is InChI=1S/C17H19N7O4/c1-24(10-14-21-15(23-27-14)11-5-2-3-7-18-11)17(25)19-9-13-20-16(28-22-13)12-6-4-8-26-12/h2-3,5,7,12H,4,6,8-10H2,1H3,(H,19,25)/t12-/m0/s1. The topological polar surface area (TPSA) is 132 Å². The van der Waals surface area contributed by atoms with Crippen LogP contribution < -0.4 is 5.32 Å². The zero-order valence-corrected chi connectivity index (χ0v) is 15.2. The molecule has 146 valence electrons. The zero-order chi connectivity index (χ0) is 19.3. The van der Waals surface area contributed by atoms with Gasteiger partial charge in [0.05, 0.1) is 6.54 Å². The number of rotatable bonds is 6. The summed E-state index contributed by atoms with van der Waals surface area (Å²) >= 11 is 0. The molecule has 11 nitrogen and oxygen atoms in total. The van der Waals surface area contributed by atoms with Crippen LogP contribution in [-0.4, -0.2) is 49.9 Å². The average molecular weight is 385 g/mol. The number of ether oxygens (including phenoxy) is 1. The van der Waals surface area contributed by atoms with Crippen molar-refractivity contribution >= 4 is 6.03 Å². The Bertz CT molecular complexity index is 921. The van der Waals surface area contributed by atoms with Gasteiger partial charge < -0.3 is 24.0 Å². The van der Waals surface area contributed by atoms with Gasteiger partial charge in [0.15, 0.2) is 5.82 Å². The molecule has 28 heavy (non-hydrogen) atoms. The van der Waals surface area contributed by atoms with Crippen molar-refractivity contribution in [2.24, 2.45) is 0 Å². The first-order valence-electron chi connectivity index (χ1n) is 8.86. The van der Waals surface area contributed by atoms with Crippen molar-refractivity contribution in [2.45, 2.75) is 32.0 Å². The summed E-state index contributed by atoms with van der Waals surface area (Å²) in [6.45, 7) is 0.989. The Hall–Kier alpha value is -3.34. The predicted octanol–water partition coefficient (Wildman–Crippen LogP) is 1.71. The van der Waals surface area contributed by atoms with Crippen LogP contribution in [0.4, 0.5) is 4.79 Å². The van der Waals surface area contributed by atoms with Gasteiger partial charge in [0.1, 0.15) is 18.3 Å². The number of nitrogens with zero attached hydrogens (tertiary/aromatic N) is 6. The molecule has 0 aliphatic carbocycles. The zero-order valence-electron chi connectivity index (χ0n) is 15.2. The Balaban J connectivity index is 1.28. The number of nitrogens with one attached hydrogen (secondary N) is 1. The molecule has 1 N–H and O–H groups in total. The van der Waals surface area contributed by atoms with E-state index in [4.69, 9.17) is 13.8 Å². The summed E-state index contributed by atoms with van der Waals surface area (Å²) in [5.74, 6) is 1.52. The van der Waals surface area contributed by atoms with E-state index in [0.29, 0.717) is 35.7 Å². The fraction of sp³-hybridized carbons (Fsp3) is 0.412. The first kappa shape index (κ1) is 18.0. The Kier molecular flexibility index (Phi) is 5.24. The van der Waals surface area contributed by atoms with E-state index in [9.17, 15) is 4.79 Å². The lowest BCUT2D eigenvalue weighted by molar-refractivity contribution is 0.0835. The van der Waals surface area contributed by atoms with Gasteiger partial charge in [0, 0.05) is 19.9 Å². The third-order valence-corrected chi connectivity index (χ3v) is 4.17. The third kappa shape index (κ3) is 4.14. The van der Waals surface area contributed by atoms with Crippen molar-refractivity contribution in [3.63, 3.8) is 0 Å². The van der Waals surface area contributed by atoms with Gasteiger partial charge in [-0.3, -0.25) is 4.98 Å². The SMILES string of the molecule is CN(Cc1nc(-c2ccccn2)no1)C(=O)NCc1noc([C@@H]2CCCO2)n1. The number of aromatic nitrogens is 5. The summed E-state index contributed by atoms with van der Waals surface area (Å²) in [5.41, 5.74) is 0.601. The van der Waals surface area contributed by atoms with Crippen LogP contribution >= 0.6 is 0 Å². The summed E-state index contributed by atoms with van der Waals surface area (Å²) in [6, 6.07) is 5.08. The molecule has 1 aliphatic rings. The number of urea groups is 1. The van der Waals surface area contributed by atoms with Gasteiger partial charge in [0.2, 0.25) is 11.7 Å². The van der Waals surface area contributed by atoms with Gasteiger partial charge in [-0.25, -0.2) is 4.79 Å². The van der Waals surface area contributed by atoms with Crippen LogP contribution in [-0.2, 0) is 17.8 Å². The van der Waals surface area contributed by atoms with E-state index in [1.807, 2.05) is 6.07 Å². The molecule has 1 saturated heterocycles. The van der Waals surface area contributed by atoms with Crippen LogP contribution in [0.25, 0.3) is 11.5 Å². The molecule has 1 aliphatic heterocycles. The second-order valence-electron chi connectivity index (χ2n) is 6.29. The lowest BCUT2D eigenvalue weighted by Gasteiger charge is -2.14. The van der Waals surface area contributed by atoms with Crippen molar-refractivity contribution in [2.75, 3.05) is 13.7 Å². The highest BCUT2D eigenvalue weighted by Crippen LogP contribution is 2.26. The maximum Gasteiger partial charge on any atom is 0.317 e. The average Bonchev–Trinajstić information content (AvgIpc) is 3.47. The number of amides is 2. The van der Waals surface area contributed by atoms with Gasteiger partial charge in [-0.15, -0.1) is 0 Å². The van der Waals surface area contributed by atoms with Crippen LogP contribution in [0, 0.1) is 0 Å². The fourth-order valence-electron chi connectivity index (χ4n) is 2.72. The van der Waals surface area contributed by atoms with E-state index in [1.165, 1.54) is 4.90 Å². The van der Waals surface area contributed by atoms with E-state index in [0.717, 1.165) is 12.8 Å². The van der Waals surface area contributed by atoms with Crippen LogP contribution in [0.5, 0.6) is 0 Å². The summed E-state index contributed by atoms with van der Waals surface area (Å²) in [7, 11) is 1.62. The Morgan fingerprint density at radius 3 is 3.00 bits per heavy atom. The van der Waals surface area contributed by atoms with E-state index in [1.54, 1.807) is 25.4 Å². The Morgan fingerprint density at radius 1 is 1.29 bits per heavy atom. The first-order valence-corrected chi connectivity index (χ1v) is 8.86. The van der Waals surface area contributed by atoms with Crippen LogP contribution in [0.3, 0.4) is 0 Å². The van der Waals surface area contributed by atoms with Gasteiger partial charge in [-0.05, 0) is 25.0 Å². The lowest BCUT2D eigenvalue weighted by Crippen LogP contribution is -2.36. The molecule has 0 spiro atoms. The van der Waals surface area contributed by atoms with Crippen molar-refractivity contribution < 1.29 is 18.6 Å². The largest absolute Gasteiger partial charge is 0.368 e. The highest BCUT2D eigenvalue weighted by molar-refractivity contribution is 5.73. The van der Waals surface area contributed by atoms with Gasteiger partial charge >= 0.3 is 6.03 Å². The van der Waals surface area contributed by atoms with Crippen molar-refractivity contribution in [3.8, 4) is 11.5 Å². The molecular weight excluding hydrogens is 366 g/mol. The minimum Gasteiger partial charge on any atom is -0.368 e. The summed E-state index contributed by atoms with van der Waals surface area (Å²) < 4.78 is 15.9. The minimum absolute atomic E-state index is 0.141. The number of hydrogen-bond acceptors (Lipinski definition) is 9. The molecule has 0 unspecified atom stereocenters. The molecule has 2 amide bonds. The number of carbonyl (C=O) groups excluding carboxylic acids is 1. The Labute approximate surface area is 160 Å². The van der Waals surface area contributed by atoms with Gasteiger partial charge in [-0.1, -0.05) is 16.4 Å². The molecule has 11 heteroatoms. The molecule has 1 atom stereocenters. The van der Waals surface area contributed by atoms with Crippen molar-refractivity contribution in [1.82, 2.24) is 35.5 Å². The summed E-state index contributed by atoms with van der Waals surface area (Å²) in [5, 5.41) is 10.5. The molecule has 3 aromatic rings. The molecule has 0 radical (unpaired) electrons. The molecule has 3 aromatic heterocycles. The molecular formula is C17H19N7O4. The molecule has 0 aromatic carbocycles. The van der Waals surface area contributed by atoms with E-state index < -0.39 is 0 Å². The highest BCUT2D eigenvalue weighted by atomic mass is 16.5. The van der Waals surface area contributed by atoms with Gasteiger partial charge in [0.25, 0.3) is 5.89 Å². The lowest BCUT2D eigenvalue weighted by atomic mass is 10.2. The summed E-state index contributed by atoms with van der Waals surface area (Å²) in [6.07, 6.45) is 3.33.